The van der Waals surface area contributed by atoms with Gasteiger partial charge in [-0.15, -0.1) is 0 Å². The number of benzene rings is 1. The Kier molecular flexibility index (Phi) is 6.46. The van der Waals surface area contributed by atoms with Crippen LogP contribution in [-0.4, -0.2) is 48.0 Å². The summed E-state index contributed by atoms with van der Waals surface area (Å²) >= 11 is 0. The maximum atomic E-state index is 13.4. The zero-order chi connectivity index (χ0) is 20.1. The highest BCUT2D eigenvalue weighted by Gasteiger charge is 2.30. The maximum absolute atomic E-state index is 13.4. The summed E-state index contributed by atoms with van der Waals surface area (Å²) in [5.41, 5.74) is 1.04. The molecule has 7 nitrogen and oxygen atoms in total. The number of aromatic nitrogens is 2. The zero-order valence-corrected chi connectivity index (χ0v) is 16.7. The lowest BCUT2D eigenvalue weighted by molar-refractivity contribution is -0.122. The van der Waals surface area contributed by atoms with Crippen molar-refractivity contribution in [2.75, 3.05) is 19.6 Å². The van der Waals surface area contributed by atoms with E-state index in [2.05, 4.69) is 10.4 Å². The number of aryl methyl sites for hydroxylation is 1. The number of piperidine rings is 1. The lowest BCUT2D eigenvalue weighted by Crippen LogP contribution is -2.39. The van der Waals surface area contributed by atoms with Crippen LogP contribution in [0, 0.1) is 18.7 Å². The fraction of sp³-hybridized carbons (Fsp3) is 0.474. The van der Waals surface area contributed by atoms with Gasteiger partial charge in [0, 0.05) is 37.9 Å². The first-order valence-corrected chi connectivity index (χ1v) is 10.8. The molecule has 1 N–H and O–H groups in total. The highest BCUT2D eigenvalue weighted by Crippen LogP contribution is 2.25. The van der Waals surface area contributed by atoms with Crippen LogP contribution < -0.4 is 5.32 Å². The fourth-order valence-electron chi connectivity index (χ4n) is 3.40. The van der Waals surface area contributed by atoms with E-state index in [-0.39, 0.29) is 16.7 Å². The molecule has 9 heteroatoms. The second-order valence-corrected chi connectivity index (χ2v) is 8.99. The number of sulfonamides is 1. The Morgan fingerprint density at radius 2 is 2.04 bits per heavy atom. The molecule has 0 radical (unpaired) electrons. The van der Waals surface area contributed by atoms with Crippen LogP contribution in [0.15, 0.2) is 41.4 Å². The average molecular weight is 408 g/mol. The third kappa shape index (κ3) is 4.96. The number of amides is 1. The Morgan fingerprint density at radius 1 is 1.29 bits per heavy atom. The summed E-state index contributed by atoms with van der Waals surface area (Å²) in [7, 11) is -3.70. The highest BCUT2D eigenvalue weighted by molar-refractivity contribution is 7.89. The molecule has 1 aliphatic rings. The lowest BCUT2D eigenvalue weighted by Gasteiger charge is -2.31. The minimum Gasteiger partial charge on any atom is -0.354 e. The van der Waals surface area contributed by atoms with E-state index in [1.54, 1.807) is 6.20 Å². The van der Waals surface area contributed by atoms with Crippen molar-refractivity contribution in [1.29, 1.82) is 0 Å². The van der Waals surface area contributed by atoms with Crippen molar-refractivity contribution in [3.63, 3.8) is 0 Å². The summed E-state index contributed by atoms with van der Waals surface area (Å²) < 4.78 is 41.8. The monoisotopic (exact) mass is 408 g/mol. The molecule has 0 saturated carbocycles. The topological polar surface area (TPSA) is 84.3 Å². The van der Waals surface area contributed by atoms with Crippen LogP contribution in [-0.2, 0) is 21.4 Å². The summed E-state index contributed by atoms with van der Waals surface area (Å²) in [5, 5.41) is 7.07. The number of nitrogens with zero attached hydrogens (tertiary/aromatic N) is 3. The van der Waals surface area contributed by atoms with Crippen LogP contribution in [0.5, 0.6) is 0 Å². The molecule has 152 valence electrons. The second kappa shape index (κ2) is 8.83. The predicted octanol–water partition coefficient (Wildman–Crippen LogP) is 1.94. The Bertz CT molecular complexity index is 921. The number of hydrogen-bond acceptors (Lipinski definition) is 4. The van der Waals surface area contributed by atoms with Crippen LogP contribution in [0.1, 0.15) is 25.0 Å². The second-order valence-electron chi connectivity index (χ2n) is 7.05. The average Bonchev–Trinajstić information content (AvgIpc) is 3.07. The van der Waals surface area contributed by atoms with Crippen LogP contribution >= 0.6 is 0 Å². The first-order chi connectivity index (χ1) is 13.4. The SMILES string of the molecule is Cc1ccnn1CCNC(=O)CC1CCN(S(=O)(=O)c2cccc(F)c2)CC1. The van der Waals surface area contributed by atoms with Crippen LogP contribution in [0.25, 0.3) is 0 Å². The fourth-order valence-corrected chi connectivity index (χ4v) is 4.90. The number of hydrogen-bond donors (Lipinski definition) is 1. The molecule has 0 atom stereocenters. The quantitative estimate of drug-likeness (QED) is 0.759. The molecule has 3 rings (SSSR count). The van der Waals surface area contributed by atoms with Gasteiger partial charge in [-0.05, 0) is 49.9 Å². The molecule has 1 saturated heterocycles. The smallest absolute Gasteiger partial charge is 0.243 e. The van der Waals surface area contributed by atoms with Crippen LogP contribution in [0.3, 0.4) is 0 Å². The normalized spacial score (nSPS) is 16.2. The molecule has 0 aliphatic carbocycles. The summed E-state index contributed by atoms with van der Waals surface area (Å²) in [6, 6.07) is 6.96. The Hall–Kier alpha value is -2.26. The zero-order valence-electron chi connectivity index (χ0n) is 15.8. The summed E-state index contributed by atoms with van der Waals surface area (Å²) in [4.78, 5) is 12.1. The Balaban J connectivity index is 1.44. The van der Waals surface area contributed by atoms with E-state index < -0.39 is 15.8 Å². The molecule has 1 aromatic carbocycles. The van der Waals surface area contributed by atoms with Gasteiger partial charge in [0.05, 0.1) is 11.4 Å². The van der Waals surface area contributed by atoms with Gasteiger partial charge in [-0.25, -0.2) is 12.8 Å². The van der Waals surface area contributed by atoms with Gasteiger partial charge in [0.15, 0.2) is 0 Å². The number of carbonyl (C=O) groups is 1. The summed E-state index contributed by atoms with van der Waals surface area (Å²) in [6.07, 6.45) is 3.33. The molecule has 1 aromatic heterocycles. The standard InChI is InChI=1S/C19H25FN4O3S/c1-15-5-8-22-24(15)12-9-21-19(25)13-16-6-10-23(11-7-16)28(26,27)18-4-2-3-17(20)14-18/h2-5,8,14,16H,6-7,9-13H2,1H3,(H,21,25). The highest BCUT2D eigenvalue weighted by atomic mass is 32.2. The molecule has 1 amide bonds. The van der Waals surface area contributed by atoms with Gasteiger partial charge in [0.25, 0.3) is 0 Å². The number of carbonyl (C=O) groups excluding carboxylic acids is 1. The lowest BCUT2D eigenvalue weighted by atomic mass is 9.94. The van der Waals surface area contributed by atoms with E-state index in [0.29, 0.717) is 45.4 Å². The van der Waals surface area contributed by atoms with Crippen molar-refractivity contribution >= 4 is 15.9 Å². The van der Waals surface area contributed by atoms with Crippen molar-refractivity contribution in [1.82, 2.24) is 19.4 Å². The molecule has 0 spiro atoms. The summed E-state index contributed by atoms with van der Waals surface area (Å²) in [6.45, 7) is 3.76. The number of rotatable bonds is 7. The third-order valence-electron chi connectivity index (χ3n) is 5.06. The first-order valence-electron chi connectivity index (χ1n) is 9.37. The van der Waals surface area contributed by atoms with Gasteiger partial charge in [0.1, 0.15) is 5.82 Å². The van der Waals surface area contributed by atoms with Crippen molar-refractivity contribution in [2.45, 2.75) is 37.6 Å². The molecule has 2 heterocycles. The van der Waals surface area contributed by atoms with Crippen molar-refractivity contribution < 1.29 is 17.6 Å². The third-order valence-corrected chi connectivity index (χ3v) is 6.95. The Morgan fingerprint density at radius 3 is 2.68 bits per heavy atom. The first kappa shape index (κ1) is 20.5. The minimum absolute atomic E-state index is 0.0300. The Labute approximate surface area is 164 Å². The molecule has 0 bridgehead atoms. The van der Waals surface area contributed by atoms with E-state index in [1.807, 2.05) is 17.7 Å². The predicted molar refractivity (Wildman–Crippen MR) is 102 cm³/mol. The maximum Gasteiger partial charge on any atom is 0.243 e. The van der Waals surface area contributed by atoms with Crippen molar-refractivity contribution in [2.24, 2.45) is 5.92 Å². The van der Waals surface area contributed by atoms with Crippen LogP contribution in [0.2, 0.25) is 0 Å². The number of nitrogens with one attached hydrogen (secondary N) is 1. The van der Waals surface area contributed by atoms with E-state index in [4.69, 9.17) is 0 Å². The van der Waals surface area contributed by atoms with Crippen molar-refractivity contribution in [3.8, 4) is 0 Å². The van der Waals surface area contributed by atoms with Gasteiger partial charge in [-0.2, -0.15) is 9.40 Å². The molecular weight excluding hydrogens is 383 g/mol. The molecule has 1 aliphatic heterocycles. The largest absolute Gasteiger partial charge is 0.354 e. The molecule has 28 heavy (non-hydrogen) atoms. The van der Waals surface area contributed by atoms with E-state index in [9.17, 15) is 17.6 Å². The van der Waals surface area contributed by atoms with E-state index in [1.165, 1.54) is 22.5 Å². The van der Waals surface area contributed by atoms with Crippen molar-refractivity contribution in [3.05, 3.63) is 48.0 Å². The molecular formula is C19H25FN4O3S. The van der Waals surface area contributed by atoms with Gasteiger partial charge >= 0.3 is 0 Å². The minimum atomic E-state index is -3.70. The van der Waals surface area contributed by atoms with E-state index >= 15 is 0 Å². The van der Waals surface area contributed by atoms with E-state index in [0.717, 1.165) is 11.8 Å². The molecule has 2 aromatic rings. The molecule has 0 unspecified atom stereocenters. The number of halogens is 1. The van der Waals surface area contributed by atoms with Gasteiger partial charge in [-0.3, -0.25) is 9.48 Å². The molecule has 1 fully saturated rings. The van der Waals surface area contributed by atoms with Gasteiger partial charge < -0.3 is 5.32 Å². The van der Waals surface area contributed by atoms with Gasteiger partial charge in [-0.1, -0.05) is 6.07 Å². The van der Waals surface area contributed by atoms with Crippen LogP contribution in [0.4, 0.5) is 4.39 Å². The van der Waals surface area contributed by atoms with Gasteiger partial charge in [0.2, 0.25) is 15.9 Å². The summed E-state index contributed by atoms with van der Waals surface area (Å²) in [5.74, 6) is -0.459.